The fourth-order valence-electron chi connectivity index (χ4n) is 3.00. The molecule has 1 aliphatic rings. The first-order chi connectivity index (χ1) is 13.1. The summed E-state index contributed by atoms with van der Waals surface area (Å²) in [5.74, 6) is -0.576. The third-order valence-electron chi connectivity index (χ3n) is 4.37. The largest absolute Gasteiger partial charge is 0.378 e. The zero-order valence-electron chi connectivity index (χ0n) is 14.4. The number of halogens is 1. The highest BCUT2D eigenvalue weighted by molar-refractivity contribution is 7.13. The number of anilines is 1. The maximum absolute atomic E-state index is 11.9. The Hall–Kier alpha value is -2.48. The van der Waals surface area contributed by atoms with Crippen molar-refractivity contribution < 1.29 is 9.53 Å². The van der Waals surface area contributed by atoms with Gasteiger partial charge in [0.05, 0.1) is 30.8 Å². The van der Waals surface area contributed by atoms with Crippen molar-refractivity contribution in [2.24, 2.45) is 5.73 Å². The number of ether oxygens (including phenoxy) is 1. The van der Waals surface area contributed by atoms with Gasteiger partial charge in [0.15, 0.2) is 0 Å². The first-order valence-electron chi connectivity index (χ1n) is 8.47. The van der Waals surface area contributed by atoms with E-state index in [0.29, 0.717) is 28.8 Å². The van der Waals surface area contributed by atoms with Crippen molar-refractivity contribution in [3.8, 4) is 21.8 Å². The number of aromatic nitrogens is 2. The van der Waals surface area contributed by atoms with Crippen LogP contribution in [0.1, 0.15) is 10.5 Å². The van der Waals surface area contributed by atoms with Crippen LogP contribution in [0, 0.1) is 0 Å². The highest BCUT2D eigenvalue weighted by Crippen LogP contribution is 2.34. The van der Waals surface area contributed by atoms with Gasteiger partial charge in [-0.05, 0) is 12.1 Å². The minimum atomic E-state index is -0.576. The Morgan fingerprint density at radius 1 is 1.22 bits per heavy atom. The number of amides is 1. The van der Waals surface area contributed by atoms with Crippen molar-refractivity contribution in [1.82, 2.24) is 9.97 Å². The molecule has 0 bridgehead atoms. The highest BCUT2D eigenvalue weighted by Gasteiger charge is 2.20. The lowest BCUT2D eigenvalue weighted by Crippen LogP contribution is -2.36. The minimum absolute atomic E-state index is 0.215. The molecule has 1 saturated heterocycles. The number of carbonyl (C=O) groups excluding carboxylic acids is 1. The predicted molar refractivity (Wildman–Crippen MR) is 107 cm³/mol. The summed E-state index contributed by atoms with van der Waals surface area (Å²) >= 11 is 7.71. The summed E-state index contributed by atoms with van der Waals surface area (Å²) in [6.07, 6.45) is 1.68. The van der Waals surface area contributed by atoms with Gasteiger partial charge in [-0.2, -0.15) is 0 Å². The van der Waals surface area contributed by atoms with Crippen LogP contribution in [-0.4, -0.2) is 42.2 Å². The van der Waals surface area contributed by atoms with Crippen LogP contribution in [0.2, 0.25) is 5.02 Å². The lowest BCUT2D eigenvalue weighted by atomic mass is 10.1. The van der Waals surface area contributed by atoms with Gasteiger partial charge in [0.1, 0.15) is 10.7 Å². The van der Waals surface area contributed by atoms with Crippen LogP contribution in [0.4, 0.5) is 5.69 Å². The zero-order chi connectivity index (χ0) is 18.8. The van der Waals surface area contributed by atoms with Crippen molar-refractivity contribution in [3.63, 3.8) is 0 Å². The number of hydrogen-bond acceptors (Lipinski definition) is 6. The quantitative estimate of drug-likeness (QED) is 0.725. The third-order valence-corrected chi connectivity index (χ3v) is 5.57. The van der Waals surface area contributed by atoms with Crippen molar-refractivity contribution in [2.45, 2.75) is 0 Å². The van der Waals surface area contributed by atoms with Gasteiger partial charge in [-0.15, -0.1) is 11.3 Å². The molecule has 1 aromatic carbocycles. The zero-order valence-corrected chi connectivity index (χ0v) is 16.0. The van der Waals surface area contributed by atoms with Crippen molar-refractivity contribution >= 4 is 34.5 Å². The smallest absolute Gasteiger partial charge is 0.268 e. The van der Waals surface area contributed by atoms with Gasteiger partial charge < -0.3 is 15.4 Å². The topological polar surface area (TPSA) is 81.3 Å². The van der Waals surface area contributed by atoms with Gasteiger partial charge >= 0.3 is 0 Å². The van der Waals surface area contributed by atoms with Gasteiger partial charge in [0, 0.05) is 34.6 Å². The second-order valence-corrected chi connectivity index (χ2v) is 7.34. The molecule has 0 saturated carbocycles. The van der Waals surface area contributed by atoms with E-state index >= 15 is 0 Å². The molecule has 2 aromatic heterocycles. The summed E-state index contributed by atoms with van der Waals surface area (Å²) < 4.78 is 5.40. The van der Waals surface area contributed by atoms with Crippen LogP contribution in [-0.2, 0) is 4.74 Å². The molecule has 0 spiro atoms. The number of nitrogens with two attached hydrogens (primary N) is 1. The van der Waals surface area contributed by atoms with Crippen molar-refractivity contribution in [1.29, 1.82) is 0 Å². The van der Waals surface area contributed by atoms with Gasteiger partial charge in [-0.1, -0.05) is 29.8 Å². The molecule has 0 aliphatic carbocycles. The number of thiazole rings is 1. The lowest BCUT2D eigenvalue weighted by Gasteiger charge is -2.28. The molecule has 138 valence electrons. The molecular formula is C19H17ClN4O2S. The Bertz CT molecular complexity index is 985. The van der Waals surface area contributed by atoms with Gasteiger partial charge in [0.25, 0.3) is 5.91 Å². The molecule has 0 unspecified atom stereocenters. The molecule has 2 N–H and O–H groups in total. The summed E-state index contributed by atoms with van der Waals surface area (Å²) in [6, 6.07) is 9.45. The molecule has 1 fully saturated rings. The van der Waals surface area contributed by atoms with E-state index in [1.54, 1.807) is 6.20 Å². The number of hydrogen-bond donors (Lipinski definition) is 1. The second-order valence-electron chi connectivity index (χ2n) is 6.07. The number of benzene rings is 1. The molecule has 8 heteroatoms. The Morgan fingerprint density at radius 2 is 2.00 bits per heavy atom. The number of morpholine rings is 1. The van der Waals surface area contributed by atoms with Crippen LogP contribution in [0.5, 0.6) is 0 Å². The Kier molecular flexibility index (Phi) is 5.07. The van der Waals surface area contributed by atoms with Crippen LogP contribution < -0.4 is 10.6 Å². The summed E-state index contributed by atoms with van der Waals surface area (Å²) in [6.45, 7) is 2.89. The number of rotatable bonds is 4. The van der Waals surface area contributed by atoms with E-state index in [0.717, 1.165) is 30.0 Å². The molecule has 4 rings (SSSR count). The molecular weight excluding hydrogens is 384 g/mol. The molecule has 3 heterocycles. The lowest BCUT2D eigenvalue weighted by molar-refractivity contribution is 0.0996. The molecule has 1 aliphatic heterocycles. The number of carbonyl (C=O) groups is 1. The summed E-state index contributed by atoms with van der Waals surface area (Å²) in [5, 5.41) is 3.23. The van der Waals surface area contributed by atoms with Gasteiger partial charge in [0.2, 0.25) is 0 Å². The number of nitrogens with zero attached hydrogens (tertiary/aromatic N) is 3. The van der Waals surface area contributed by atoms with Crippen LogP contribution in [0.15, 0.2) is 41.9 Å². The molecule has 6 nitrogen and oxygen atoms in total. The van der Waals surface area contributed by atoms with E-state index in [9.17, 15) is 4.79 Å². The van der Waals surface area contributed by atoms with Crippen molar-refractivity contribution in [2.75, 3.05) is 31.2 Å². The molecule has 3 aromatic rings. The standard InChI is InChI=1S/C19H17ClN4O2S/c20-15-4-2-1-3-13(15)16-11-27-19(23-16)14-9-12(10-22-17(14)18(21)25)24-5-7-26-8-6-24/h1-4,9-11H,5-8H2,(H2,21,25). The van der Waals surface area contributed by atoms with Gasteiger partial charge in [-0.3, -0.25) is 4.79 Å². The predicted octanol–water partition coefficient (Wildman–Crippen LogP) is 3.46. The average Bonchev–Trinajstić information content (AvgIpc) is 3.18. The summed E-state index contributed by atoms with van der Waals surface area (Å²) in [7, 11) is 0. The van der Waals surface area contributed by atoms with E-state index in [1.165, 1.54) is 11.3 Å². The Labute approximate surface area is 165 Å². The van der Waals surface area contributed by atoms with E-state index < -0.39 is 5.91 Å². The second kappa shape index (κ2) is 7.64. The van der Waals surface area contributed by atoms with Crippen LogP contribution in [0.25, 0.3) is 21.8 Å². The summed E-state index contributed by atoms with van der Waals surface area (Å²) in [4.78, 5) is 23.1. The SMILES string of the molecule is NC(=O)c1ncc(N2CCOCC2)cc1-c1nc(-c2ccccc2Cl)cs1. The first kappa shape index (κ1) is 17.9. The fraction of sp³-hybridized carbons (Fsp3) is 0.211. The Morgan fingerprint density at radius 3 is 2.74 bits per heavy atom. The average molecular weight is 401 g/mol. The number of pyridine rings is 1. The van der Waals surface area contributed by atoms with Crippen LogP contribution >= 0.6 is 22.9 Å². The fourth-order valence-corrected chi connectivity index (χ4v) is 4.07. The third kappa shape index (κ3) is 3.66. The van der Waals surface area contributed by atoms with E-state index in [2.05, 4.69) is 14.9 Å². The maximum atomic E-state index is 11.9. The monoisotopic (exact) mass is 400 g/mol. The minimum Gasteiger partial charge on any atom is -0.378 e. The highest BCUT2D eigenvalue weighted by atomic mass is 35.5. The number of primary amides is 1. The molecule has 27 heavy (non-hydrogen) atoms. The normalized spacial score (nSPS) is 14.3. The molecule has 1 amide bonds. The molecule has 0 atom stereocenters. The van der Waals surface area contributed by atoms with E-state index in [-0.39, 0.29) is 5.69 Å². The van der Waals surface area contributed by atoms with Crippen molar-refractivity contribution in [3.05, 3.63) is 52.6 Å². The summed E-state index contributed by atoms with van der Waals surface area (Å²) in [5.41, 5.74) is 8.92. The van der Waals surface area contributed by atoms with E-state index in [4.69, 9.17) is 22.1 Å². The maximum Gasteiger partial charge on any atom is 0.268 e. The molecule has 0 radical (unpaired) electrons. The van der Waals surface area contributed by atoms with Gasteiger partial charge in [-0.25, -0.2) is 9.97 Å². The first-order valence-corrected chi connectivity index (χ1v) is 9.72. The van der Waals surface area contributed by atoms with Crippen LogP contribution in [0.3, 0.4) is 0 Å². The van der Waals surface area contributed by atoms with E-state index in [1.807, 2.05) is 35.7 Å². The Balaban J connectivity index is 1.75.